The Morgan fingerprint density at radius 1 is 1.15 bits per heavy atom. The minimum Gasteiger partial charge on any atom is -0.381 e. The van der Waals surface area contributed by atoms with Gasteiger partial charge in [-0.25, -0.2) is 0 Å². The van der Waals surface area contributed by atoms with Crippen LogP contribution in [0.2, 0.25) is 0 Å². The zero-order chi connectivity index (χ0) is 14.3. The maximum absolute atomic E-state index is 5.46. The molecule has 3 nitrogen and oxygen atoms in total. The lowest BCUT2D eigenvalue weighted by atomic mass is 9.82. The van der Waals surface area contributed by atoms with Crippen LogP contribution in [0.25, 0.3) is 0 Å². The van der Waals surface area contributed by atoms with Crippen LogP contribution in [-0.4, -0.2) is 33.4 Å². The summed E-state index contributed by atoms with van der Waals surface area (Å²) in [6.07, 6.45) is 3.43. The lowest BCUT2D eigenvalue weighted by Gasteiger charge is -2.33. The quantitative estimate of drug-likeness (QED) is 0.802. The zero-order valence-corrected chi connectivity index (χ0v) is 12.9. The first-order chi connectivity index (χ1) is 9.73. The van der Waals surface area contributed by atoms with Crippen molar-refractivity contribution in [2.75, 3.05) is 33.4 Å². The van der Waals surface area contributed by atoms with E-state index in [1.54, 1.807) is 0 Å². The second-order valence-corrected chi connectivity index (χ2v) is 6.15. The largest absolute Gasteiger partial charge is 0.381 e. The van der Waals surface area contributed by atoms with Crippen LogP contribution in [0.5, 0.6) is 0 Å². The van der Waals surface area contributed by atoms with Crippen molar-refractivity contribution >= 4 is 0 Å². The number of nitrogens with one attached hydrogen (secondary N) is 2. The van der Waals surface area contributed by atoms with Crippen molar-refractivity contribution in [1.29, 1.82) is 0 Å². The van der Waals surface area contributed by atoms with Gasteiger partial charge in [0.2, 0.25) is 0 Å². The van der Waals surface area contributed by atoms with Gasteiger partial charge in [-0.05, 0) is 49.4 Å². The summed E-state index contributed by atoms with van der Waals surface area (Å²) in [5.74, 6) is 0. The summed E-state index contributed by atoms with van der Waals surface area (Å²) in [7, 11) is 2.01. The maximum atomic E-state index is 5.46. The first-order valence-corrected chi connectivity index (χ1v) is 7.73. The molecular formula is C17H28N2O. The zero-order valence-electron chi connectivity index (χ0n) is 12.9. The topological polar surface area (TPSA) is 33.3 Å². The highest BCUT2D eigenvalue weighted by atomic mass is 16.5. The van der Waals surface area contributed by atoms with E-state index in [0.29, 0.717) is 5.41 Å². The van der Waals surface area contributed by atoms with Crippen molar-refractivity contribution in [2.24, 2.45) is 5.41 Å². The number of ether oxygens (including phenoxy) is 1. The van der Waals surface area contributed by atoms with E-state index in [-0.39, 0.29) is 0 Å². The highest BCUT2D eigenvalue weighted by Crippen LogP contribution is 2.28. The average molecular weight is 276 g/mol. The van der Waals surface area contributed by atoms with Crippen molar-refractivity contribution in [3.63, 3.8) is 0 Å². The second kappa shape index (κ2) is 7.77. The predicted octanol–water partition coefficient (Wildman–Crippen LogP) is 2.35. The van der Waals surface area contributed by atoms with Crippen LogP contribution in [0.3, 0.4) is 0 Å². The van der Waals surface area contributed by atoms with E-state index in [9.17, 15) is 0 Å². The van der Waals surface area contributed by atoms with Crippen molar-refractivity contribution in [2.45, 2.75) is 32.7 Å². The fourth-order valence-corrected chi connectivity index (χ4v) is 2.77. The van der Waals surface area contributed by atoms with E-state index < -0.39 is 0 Å². The molecule has 20 heavy (non-hydrogen) atoms. The normalized spacial score (nSPS) is 18.1. The number of benzene rings is 1. The summed E-state index contributed by atoms with van der Waals surface area (Å²) in [5, 5.41) is 6.88. The molecule has 0 atom stereocenters. The van der Waals surface area contributed by atoms with E-state index in [0.717, 1.165) is 39.3 Å². The van der Waals surface area contributed by atoms with Gasteiger partial charge in [0.25, 0.3) is 0 Å². The molecule has 1 aliphatic rings. The fraction of sp³-hybridized carbons (Fsp3) is 0.647. The molecule has 0 spiro atoms. The molecule has 0 saturated carbocycles. The molecule has 2 rings (SSSR count). The van der Waals surface area contributed by atoms with Gasteiger partial charge in [0.05, 0.1) is 0 Å². The molecule has 0 aromatic heterocycles. The van der Waals surface area contributed by atoms with Crippen LogP contribution < -0.4 is 10.6 Å². The molecule has 1 aliphatic heterocycles. The maximum Gasteiger partial charge on any atom is 0.0471 e. The summed E-state index contributed by atoms with van der Waals surface area (Å²) < 4.78 is 5.46. The number of hydrogen-bond acceptors (Lipinski definition) is 3. The summed E-state index contributed by atoms with van der Waals surface area (Å²) in [5.41, 5.74) is 3.28. The van der Waals surface area contributed by atoms with Gasteiger partial charge in [0, 0.05) is 26.3 Å². The van der Waals surface area contributed by atoms with Crippen LogP contribution in [0.4, 0.5) is 0 Å². The Morgan fingerprint density at radius 3 is 2.55 bits per heavy atom. The summed E-state index contributed by atoms with van der Waals surface area (Å²) in [6, 6.07) is 8.75. The third-order valence-corrected chi connectivity index (χ3v) is 4.33. The molecule has 1 saturated heterocycles. The van der Waals surface area contributed by atoms with Gasteiger partial charge in [-0.1, -0.05) is 31.2 Å². The number of rotatable bonds is 7. The van der Waals surface area contributed by atoms with Gasteiger partial charge >= 0.3 is 0 Å². The van der Waals surface area contributed by atoms with E-state index in [4.69, 9.17) is 4.74 Å². The van der Waals surface area contributed by atoms with Crippen LogP contribution in [0.1, 0.15) is 30.9 Å². The number of hydrogen-bond donors (Lipinski definition) is 2. The lowest BCUT2D eigenvalue weighted by Crippen LogP contribution is -2.36. The van der Waals surface area contributed by atoms with E-state index in [1.807, 2.05) is 7.05 Å². The summed E-state index contributed by atoms with van der Waals surface area (Å²) in [6.45, 7) is 7.28. The monoisotopic (exact) mass is 276 g/mol. The molecule has 0 aliphatic carbocycles. The molecule has 112 valence electrons. The molecule has 1 aromatic carbocycles. The molecule has 0 amide bonds. The fourth-order valence-electron chi connectivity index (χ4n) is 2.77. The van der Waals surface area contributed by atoms with Crippen molar-refractivity contribution in [3.05, 3.63) is 35.4 Å². The van der Waals surface area contributed by atoms with Crippen molar-refractivity contribution < 1.29 is 4.74 Å². The van der Waals surface area contributed by atoms with Crippen molar-refractivity contribution in [3.8, 4) is 0 Å². The van der Waals surface area contributed by atoms with E-state index >= 15 is 0 Å². The Bertz CT molecular complexity index is 400. The highest BCUT2D eigenvalue weighted by molar-refractivity contribution is 5.27. The number of likely N-dealkylation sites (N-methyl/N-ethyl adjacent to an activating group) is 1. The Morgan fingerprint density at radius 2 is 1.85 bits per heavy atom. The van der Waals surface area contributed by atoms with Gasteiger partial charge < -0.3 is 15.4 Å². The van der Waals surface area contributed by atoms with Crippen LogP contribution in [0.15, 0.2) is 24.3 Å². The lowest BCUT2D eigenvalue weighted by molar-refractivity contribution is 0.0240. The molecule has 2 N–H and O–H groups in total. The molecule has 3 heteroatoms. The standard InChI is InChI=1S/C17H28N2O/c1-17(8-11-20-12-9-17)14-19-13-16-6-4-3-5-15(16)7-10-18-2/h3-6,18-19H,7-14H2,1-2H3. The summed E-state index contributed by atoms with van der Waals surface area (Å²) in [4.78, 5) is 0. The molecule has 1 aromatic rings. The Kier molecular flexibility index (Phi) is 6.02. The molecule has 0 radical (unpaired) electrons. The minimum atomic E-state index is 0.401. The predicted molar refractivity (Wildman–Crippen MR) is 83.9 cm³/mol. The smallest absolute Gasteiger partial charge is 0.0471 e. The molecule has 1 heterocycles. The first kappa shape index (κ1) is 15.5. The summed E-state index contributed by atoms with van der Waals surface area (Å²) >= 11 is 0. The Labute approximate surface area is 123 Å². The molecular weight excluding hydrogens is 248 g/mol. The van der Waals surface area contributed by atoms with Crippen LogP contribution in [-0.2, 0) is 17.7 Å². The second-order valence-electron chi connectivity index (χ2n) is 6.15. The van der Waals surface area contributed by atoms with Gasteiger partial charge in [-0.15, -0.1) is 0 Å². The van der Waals surface area contributed by atoms with Crippen LogP contribution >= 0.6 is 0 Å². The van der Waals surface area contributed by atoms with Gasteiger partial charge in [0.1, 0.15) is 0 Å². The van der Waals surface area contributed by atoms with E-state index in [1.165, 1.54) is 24.0 Å². The molecule has 1 fully saturated rings. The molecule has 0 bridgehead atoms. The third-order valence-electron chi connectivity index (χ3n) is 4.33. The minimum absolute atomic E-state index is 0.401. The third kappa shape index (κ3) is 4.58. The Balaban J connectivity index is 1.84. The van der Waals surface area contributed by atoms with Gasteiger partial charge in [0.15, 0.2) is 0 Å². The molecule has 0 unspecified atom stereocenters. The SMILES string of the molecule is CNCCc1ccccc1CNCC1(C)CCOCC1. The van der Waals surface area contributed by atoms with Gasteiger partial charge in [-0.2, -0.15) is 0 Å². The highest BCUT2D eigenvalue weighted by Gasteiger charge is 2.26. The average Bonchev–Trinajstić information content (AvgIpc) is 2.47. The van der Waals surface area contributed by atoms with Crippen molar-refractivity contribution in [1.82, 2.24) is 10.6 Å². The van der Waals surface area contributed by atoms with Gasteiger partial charge in [-0.3, -0.25) is 0 Å². The van der Waals surface area contributed by atoms with Crippen LogP contribution in [0, 0.1) is 5.41 Å². The first-order valence-electron chi connectivity index (χ1n) is 7.73. The Hall–Kier alpha value is -0.900. The van der Waals surface area contributed by atoms with E-state index in [2.05, 4.69) is 41.8 Å².